The Labute approximate surface area is 128 Å². The first kappa shape index (κ1) is 14.0. The van der Waals surface area contributed by atoms with E-state index in [2.05, 4.69) is 4.98 Å². The lowest BCUT2D eigenvalue weighted by Crippen LogP contribution is -2.30. The fraction of sp³-hybridized carbons (Fsp3) is 0.312. The van der Waals surface area contributed by atoms with Crippen LogP contribution in [0.2, 0.25) is 5.02 Å². The molecule has 0 aliphatic carbocycles. The van der Waals surface area contributed by atoms with Gasteiger partial charge in [0, 0.05) is 12.7 Å². The Morgan fingerprint density at radius 1 is 1.38 bits per heavy atom. The van der Waals surface area contributed by atoms with Crippen LogP contribution in [0.3, 0.4) is 0 Å². The first-order valence-corrected chi connectivity index (χ1v) is 7.35. The maximum atomic E-state index is 12.6. The van der Waals surface area contributed by atoms with Crippen molar-refractivity contribution < 1.29 is 9.53 Å². The number of hydrogen-bond donors (Lipinski definition) is 1. The number of likely N-dealkylation sites (tertiary alicyclic amines) is 1. The van der Waals surface area contributed by atoms with E-state index in [-0.39, 0.29) is 11.9 Å². The van der Waals surface area contributed by atoms with E-state index in [9.17, 15) is 4.79 Å². The fourth-order valence-electron chi connectivity index (χ4n) is 2.83. The van der Waals surface area contributed by atoms with E-state index in [1.54, 1.807) is 19.4 Å². The number of H-pyrrole nitrogens is 1. The first-order valence-electron chi connectivity index (χ1n) is 6.98. The summed E-state index contributed by atoms with van der Waals surface area (Å²) in [5.74, 6) is 0.825. The van der Waals surface area contributed by atoms with Gasteiger partial charge in [-0.15, -0.1) is 0 Å². The highest BCUT2D eigenvalue weighted by molar-refractivity contribution is 6.30. The highest BCUT2D eigenvalue weighted by Gasteiger charge is 2.31. The number of methoxy groups -OCH3 is 1. The Morgan fingerprint density at radius 3 is 2.76 bits per heavy atom. The Hall–Kier alpha value is -1.94. The van der Waals surface area contributed by atoms with Crippen molar-refractivity contribution in [2.24, 2.45) is 0 Å². The van der Waals surface area contributed by atoms with E-state index in [1.165, 1.54) is 0 Å². The molecule has 1 aromatic carbocycles. The third kappa shape index (κ3) is 2.76. The number of halogens is 1. The Balaban J connectivity index is 1.83. The highest BCUT2D eigenvalue weighted by Crippen LogP contribution is 2.33. The summed E-state index contributed by atoms with van der Waals surface area (Å²) in [5.41, 5.74) is 1.68. The summed E-state index contributed by atoms with van der Waals surface area (Å²) >= 11 is 5.88. The maximum absolute atomic E-state index is 12.6. The van der Waals surface area contributed by atoms with Crippen LogP contribution in [0, 0.1) is 0 Å². The molecule has 1 N–H and O–H groups in total. The molecule has 1 amide bonds. The molecule has 1 aromatic heterocycles. The van der Waals surface area contributed by atoms with E-state index in [0.29, 0.717) is 10.7 Å². The number of benzene rings is 1. The molecule has 0 saturated carbocycles. The number of amides is 1. The summed E-state index contributed by atoms with van der Waals surface area (Å²) in [7, 11) is 1.65. The van der Waals surface area contributed by atoms with Crippen LogP contribution in [0.4, 0.5) is 0 Å². The SMILES string of the molecule is COc1ccc(C2CCCN2C(=O)c2cc(Cl)c[nH]2)cc1. The maximum Gasteiger partial charge on any atom is 0.270 e. The molecule has 3 rings (SSSR count). The van der Waals surface area contributed by atoms with Crippen LogP contribution in [-0.2, 0) is 0 Å². The topological polar surface area (TPSA) is 45.3 Å². The summed E-state index contributed by atoms with van der Waals surface area (Å²) in [4.78, 5) is 17.4. The molecule has 0 spiro atoms. The number of nitrogens with one attached hydrogen (secondary N) is 1. The largest absolute Gasteiger partial charge is 0.497 e. The molecule has 0 radical (unpaired) electrons. The van der Waals surface area contributed by atoms with Gasteiger partial charge in [0.05, 0.1) is 18.2 Å². The van der Waals surface area contributed by atoms with Crippen molar-refractivity contribution in [1.29, 1.82) is 0 Å². The van der Waals surface area contributed by atoms with Crippen LogP contribution in [0.5, 0.6) is 5.75 Å². The second kappa shape index (κ2) is 5.82. The van der Waals surface area contributed by atoms with Gasteiger partial charge in [0.15, 0.2) is 0 Å². The van der Waals surface area contributed by atoms with E-state index < -0.39 is 0 Å². The molecule has 1 saturated heterocycles. The van der Waals surface area contributed by atoms with Crippen molar-refractivity contribution in [2.75, 3.05) is 13.7 Å². The van der Waals surface area contributed by atoms with Crippen LogP contribution in [-0.4, -0.2) is 29.4 Å². The van der Waals surface area contributed by atoms with Crippen LogP contribution in [0.15, 0.2) is 36.5 Å². The number of hydrogen-bond acceptors (Lipinski definition) is 2. The molecule has 4 nitrogen and oxygen atoms in total. The molecule has 2 heterocycles. The molecular weight excluding hydrogens is 288 g/mol. The van der Waals surface area contributed by atoms with Crippen LogP contribution in [0.1, 0.15) is 34.9 Å². The van der Waals surface area contributed by atoms with Gasteiger partial charge < -0.3 is 14.6 Å². The van der Waals surface area contributed by atoms with E-state index in [0.717, 1.165) is 30.7 Å². The molecule has 2 aromatic rings. The van der Waals surface area contributed by atoms with Crippen molar-refractivity contribution >= 4 is 17.5 Å². The number of rotatable bonds is 3. The van der Waals surface area contributed by atoms with Gasteiger partial charge in [-0.2, -0.15) is 0 Å². The molecule has 1 fully saturated rings. The summed E-state index contributed by atoms with van der Waals surface area (Å²) in [6.45, 7) is 0.770. The first-order chi connectivity index (χ1) is 10.2. The van der Waals surface area contributed by atoms with Gasteiger partial charge in [0.1, 0.15) is 11.4 Å². The minimum atomic E-state index is 0.000202. The Kier molecular flexibility index (Phi) is 3.88. The second-order valence-electron chi connectivity index (χ2n) is 5.16. The Morgan fingerprint density at radius 2 is 2.14 bits per heavy atom. The Bertz CT molecular complexity index is 636. The zero-order valence-corrected chi connectivity index (χ0v) is 12.6. The van der Waals surface area contributed by atoms with Gasteiger partial charge in [-0.25, -0.2) is 0 Å². The number of aromatic amines is 1. The summed E-state index contributed by atoms with van der Waals surface area (Å²) < 4.78 is 5.18. The zero-order valence-electron chi connectivity index (χ0n) is 11.8. The van der Waals surface area contributed by atoms with E-state index in [1.807, 2.05) is 29.2 Å². The average Bonchev–Trinajstić information content (AvgIpc) is 3.15. The predicted molar refractivity (Wildman–Crippen MR) is 81.8 cm³/mol. The molecule has 110 valence electrons. The third-order valence-corrected chi connectivity index (χ3v) is 4.11. The minimum absolute atomic E-state index is 0.000202. The van der Waals surface area contributed by atoms with Crippen molar-refractivity contribution in [2.45, 2.75) is 18.9 Å². The molecule has 1 atom stereocenters. The van der Waals surface area contributed by atoms with E-state index in [4.69, 9.17) is 16.3 Å². The monoisotopic (exact) mass is 304 g/mol. The van der Waals surface area contributed by atoms with Gasteiger partial charge >= 0.3 is 0 Å². The lowest BCUT2D eigenvalue weighted by atomic mass is 10.0. The highest BCUT2D eigenvalue weighted by atomic mass is 35.5. The van der Waals surface area contributed by atoms with Crippen molar-refractivity contribution in [3.63, 3.8) is 0 Å². The molecule has 5 heteroatoms. The molecule has 1 aliphatic rings. The standard InChI is InChI=1S/C16H17ClN2O2/c1-21-13-6-4-11(5-7-13)15-3-2-8-19(15)16(20)14-9-12(17)10-18-14/h4-7,9-10,15,18H,2-3,8H2,1H3. The molecule has 21 heavy (non-hydrogen) atoms. The molecule has 1 unspecified atom stereocenters. The second-order valence-corrected chi connectivity index (χ2v) is 5.60. The number of carbonyl (C=O) groups is 1. The van der Waals surface area contributed by atoms with Gasteiger partial charge in [-0.1, -0.05) is 23.7 Å². The van der Waals surface area contributed by atoms with Crippen LogP contribution < -0.4 is 4.74 Å². The number of aromatic nitrogens is 1. The summed E-state index contributed by atoms with van der Waals surface area (Å²) in [6.07, 6.45) is 3.62. The molecular formula is C16H17ClN2O2. The van der Waals surface area contributed by atoms with Crippen molar-refractivity contribution in [3.8, 4) is 5.75 Å². The van der Waals surface area contributed by atoms with Crippen molar-refractivity contribution in [3.05, 3.63) is 52.8 Å². The lowest BCUT2D eigenvalue weighted by molar-refractivity contribution is 0.0730. The smallest absolute Gasteiger partial charge is 0.270 e. The van der Waals surface area contributed by atoms with Gasteiger partial charge in [0.25, 0.3) is 5.91 Å². The predicted octanol–water partition coefficient (Wildman–Crippen LogP) is 3.65. The minimum Gasteiger partial charge on any atom is -0.497 e. The summed E-state index contributed by atoms with van der Waals surface area (Å²) in [6, 6.07) is 9.70. The normalized spacial score (nSPS) is 18.0. The number of ether oxygens (including phenoxy) is 1. The lowest BCUT2D eigenvalue weighted by Gasteiger charge is -2.24. The zero-order chi connectivity index (χ0) is 14.8. The quantitative estimate of drug-likeness (QED) is 0.940. The summed E-state index contributed by atoms with van der Waals surface area (Å²) in [5, 5.41) is 0.554. The number of nitrogens with zero attached hydrogens (tertiary/aromatic N) is 1. The molecule has 1 aliphatic heterocycles. The van der Waals surface area contributed by atoms with Gasteiger partial charge in [0.2, 0.25) is 0 Å². The van der Waals surface area contributed by atoms with Crippen LogP contribution in [0.25, 0.3) is 0 Å². The van der Waals surface area contributed by atoms with E-state index >= 15 is 0 Å². The third-order valence-electron chi connectivity index (χ3n) is 3.89. The van der Waals surface area contributed by atoms with Gasteiger partial charge in [-0.05, 0) is 36.6 Å². The van der Waals surface area contributed by atoms with Crippen molar-refractivity contribution in [1.82, 2.24) is 9.88 Å². The average molecular weight is 305 g/mol. The fourth-order valence-corrected chi connectivity index (χ4v) is 2.99. The van der Waals surface area contributed by atoms with Gasteiger partial charge in [-0.3, -0.25) is 4.79 Å². The molecule has 0 bridgehead atoms. The van der Waals surface area contributed by atoms with Crippen LogP contribution >= 0.6 is 11.6 Å². The number of carbonyl (C=O) groups excluding carboxylic acids is 1.